The number of amides is 2. The van der Waals surface area contributed by atoms with E-state index >= 15 is 0 Å². The van der Waals surface area contributed by atoms with Crippen molar-refractivity contribution in [1.29, 1.82) is 0 Å². The number of nitrogens with zero attached hydrogens (tertiary/aromatic N) is 2. The topological polar surface area (TPSA) is 70.1 Å². The Morgan fingerprint density at radius 2 is 1.75 bits per heavy atom. The molecule has 0 unspecified atom stereocenters. The number of hydrogen-bond acceptors (Lipinski definition) is 5. The van der Waals surface area contributed by atoms with Gasteiger partial charge in [0.2, 0.25) is 0 Å². The number of methoxy groups -OCH3 is 1. The number of benzene rings is 2. The molecule has 0 saturated heterocycles. The molecular weight excluding hydrogens is 356 g/mol. The summed E-state index contributed by atoms with van der Waals surface area (Å²) in [5, 5.41) is 9.36. The number of aliphatic hydroxyl groups is 1. The first-order valence-electron chi connectivity index (χ1n) is 9.06. The van der Waals surface area contributed by atoms with Gasteiger partial charge in [0.15, 0.2) is 0 Å². The van der Waals surface area contributed by atoms with Crippen molar-refractivity contribution in [3.8, 4) is 5.75 Å². The average Bonchev–Trinajstić information content (AvgIpc) is 2.94. The van der Waals surface area contributed by atoms with Crippen LogP contribution >= 0.6 is 0 Å². The van der Waals surface area contributed by atoms with Crippen LogP contribution in [0.1, 0.15) is 16.7 Å². The Labute approximate surface area is 164 Å². The molecule has 2 aromatic carbocycles. The third kappa shape index (κ3) is 3.27. The molecule has 6 heteroatoms. The van der Waals surface area contributed by atoms with E-state index < -0.39 is 11.8 Å². The molecule has 2 aromatic rings. The second kappa shape index (κ2) is 7.86. The number of carbonyl (C=O) groups excluding carboxylic acids is 2. The maximum absolute atomic E-state index is 13.4. The molecule has 1 N–H and O–H groups in total. The third-order valence-corrected chi connectivity index (χ3v) is 5.00. The number of para-hydroxylation sites is 2. The van der Waals surface area contributed by atoms with Crippen molar-refractivity contribution >= 4 is 23.1 Å². The predicted octanol–water partition coefficient (Wildman–Crippen LogP) is 2.52. The number of rotatable bonds is 6. The molecule has 0 aromatic heterocycles. The van der Waals surface area contributed by atoms with Gasteiger partial charge in [-0.25, -0.2) is 4.90 Å². The van der Waals surface area contributed by atoms with Crippen LogP contribution in [-0.2, 0) is 9.59 Å². The first kappa shape index (κ1) is 19.6. The van der Waals surface area contributed by atoms with Gasteiger partial charge in [-0.3, -0.25) is 9.59 Å². The van der Waals surface area contributed by atoms with E-state index in [4.69, 9.17) is 4.74 Å². The maximum atomic E-state index is 13.4. The number of aryl methyl sites for hydroxylation is 2. The number of ether oxygens (including phenoxy) is 1. The van der Waals surface area contributed by atoms with Crippen molar-refractivity contribution in [2.24, 2.45) is 0 Å². The zero-order valence-corrected chi connectivity index (χ0v) is 16.5. The lowest BCUT2D eigenvalue weighted by atomic mass is 9.99. The van der Waals surface area contributed by atoms with E-state index in [0.717, 1.165) is 16.0 Å². The Hall–Kier alpha value is -3.12. The number of aliphatic hydroxyl groups excluding tert-OH is 1. The highest BCUT2D eigenvalue weighted by atomic mass is 16.5. The van der Waals surface area contributed by atoms with Gasteiger partial charge >= 0.3 is 0 Å². The molecule has 0 aliphatic carbocycles. The maximum Gasteiger partial charge on any atom is 0.282 e. The lowest BCUT2D eigenvalue weighted by molar-refractivity contribution is -0.120. The standard InChI is InChI=1S/C22H24N2O4/c1-14-9-10-16(13-15(14)2)19-20(23(3)11-12-25)22(27)24(21(19)26)17-7-5-6-8-18(17)28-4/h5-10,13,25H,11-12H2,1-4H3. The van der Waals surface area contributed by atoms with Gasteiger partial charge in [0.05, 0.1) is 25.0 Å². The summed E-state index contributed by atoms with van der Waals surface area (Å²) >= 11 is 0. The largest absolute Gasteiger partial charge is 0.495 e. The lowest BCUT2D eigenvalue weighted by Crippen LogP contribution is -2.35. The minimum Gasteiger partial charge on any atom is -0.495 e. The van der Waals surface area contributed by atoms with Gasteiger partial charge in [0.1, 0.15) is 11.4 Å². The van der Waals surface area contributed by atoms with Gasteiger partial charge < -0.3 is 14.7 Å². The van der Waals surface area contributed by atoms with Gasteiger partial charge in [-0.2, -0.15) is 0 Å². The van der Waals surface area contributed by atoms with Crippen LogP contribution < -0.4 is 9.64 Å². The summed E-state index contributed by atoms with van der Waals surface area (Å²) in [7, 11) is 3.20. The van der Waals surface area contributed by atoms with Crippen LogP contribution in [0.3, 0.4) is 0 Å². The fraction of sp³-hybridized carbons (Fsp3) is 0.273. The van der Waals surface area contributed by atoms with E-state index in [1.54, 1.807) is 36.2 Å². The number of likely N-dealkylation sites (N-methyl/N-ethyl adjacent to an activating group) is 1. The Balaban J connectivity index is 2.18. The molecule has 2 amide bonds. The van der Waals surface area contributed by atoms with Crippen LogP contribution in [0.4, 0.5) is 5.69 Å². The molecule has 3 rings (SSSR count). The normalized spacial score (nSPS) is 14.1. The van der Waals surface area contributed by atoms with Crippen molar-refractivity contribution in [2.75, 3.05) is 32.2 Å². The molecule has 0 saturated carbocycles. The number of anilines is 1. The molecule has 0 spiro atoms. The van der Waals surface area contributed by atoms with Crippen LogP contribution in [0.5, 0.6) is 5.75 Å². The monoisotopic (exact) mass is 380 g/mol. The minimum atomic E-state index is -0.432. The fourth-order valence-corrected chi connectivity index (χ4v) is 3.32. The molecule has 28 heavy (non-hydrogen) atoms. The molecule has 0 radical (unpaired) electrons. The molecule has 0 bridgehead atoms. The van der Waals surface area contributed by atoms with Gasteiger partial charge in [-0.15, -0.1) is 0 Å². The molecule has 1 aliphatic rings. The van der Waals surface area contributed by atoms with Crippen molar-refractivity contribution in [3.05, 3.63) is 64.9 Å². The lowest BCUT2D eigenvalue weighted by Gasteiger charge is -2.21. The zero-order valence-electron chi connectivity index (χ0n) is 16.5. The Morgan fingerprint density at radius 1 is 1.04 bits per heavy atom. The smallest absolute Gasteiger partial charge is 0.282 e. The van der Waals surface area contributed by atoms with Crippen LogP contribution in [0.2, 0.25) is 0 Å². The van der Waals surface area contributed by atoms with E-state index in [1.165, 1.54) is 7.11 Å². The molecule has 1 heterocycles. The Morgan fingerprint density at radius 3 is 2.39 bits per heavy atom. The summed E-state index contributed by atoms with van der Waals surface area (Å²) in [5.41, 5.74) is 3.81. The third-order valence-electron chi connectivity index (χ3n) is 5.00. The van der Waals surface area contributed by atoms with Crippen LogP contribution in [0, 0.1) is 13.8 Å². The fourth-order valence-electron chi connectivity index (χ4n) is 3.32. The molecule has 146 valence electrons. The van der Waals surface area contributed by atoms with E-state index in [-0.39, 0.29) is 18.8 Å². The van der Waals surface area contributed by atoms with Crippen molar-refractivity contribution < 1.29 is 19.4 Å². The predicted molar refractivity (Wildman–Crippen MR) is 108 cm³/mol. The molecular formula is C22H24N2O4. The van der Waals surface area contributed by atoms with E-state index in [0.29, 0.717) is 22.6 Å². The second-order valence-corrected chi connectivity index (χ2v) is 6.79. The molecule has 6 nitrogen and oxygen atoms in total. The zero-order chi connectivity index (χ0) is 20.4. The highest BCUT2D eigenvalue weighted by Crippen LogP contribution is 2.38. The summed E-state index contributed by atoms with van der Waals surface area (Å²) in [6.45, 7) is 4.07. The summed E-state index contributed by atoms with van der Waals surface area (Å²) in [5.74, 6) is -0.397. The molecule has 0 fully saturated rings. The van der Waals surface area contributed by atoms with Gasteiger partial charge in [0.25, 0.3) is 11.8 Å². The summed E-state index contributed by atoms with van der Waals surface area (Å²) in [6.07, 6.45) is 0. The Bertz CT molecular complexity index is 965. The van der Waals surface area contributed by atoms with Gasteiger partial charge in [0, 0.05) is 13.6 Å². The summed E-state index contributed by atoms with van der Waals surface area (Å²) < 4.78 is 5.36. The number of carbonyl (C=O) groups is 2. The molecule has 0 atom stereocenters. The van der Waals surface area contributed by atoms with E-state index in [2.05, 4.69) is 0 Å². The second-order valence-electron chi connectivity index (χ2n) is 6.79. The number of imide groups is 1. The van der Waals surface area contributed by atoms with Crippen LogP contribution in [0.15, 0.2) is 48.2 Å². The van der Waals surface area contributed by atoms with Crippen LogP contribution in [0.25, 0.3) is 5.57 Å². The number of hydrogen-bond donors (Lipinski definition) is 1. The van der Waals surface area contributed by atoms with Crippen molar-refractivity contribution in [3.63, 3.8) is 0 Å². The van der Waals surface area contributed by atoms with Crippen LogP contribution in [-0.4, -0.2) is 49.1 Å². The summed E-state index contributed by atoms with van der Waals surface area (Å²) in [6, 6.07) is 12.6. The average molecular weight is 380 g/mol. The quantitative estimate of drug-likeness (QED) is 0.780. The van der Waals surface area contributed by atoms with E-state index in [1.807, 2.05) is 32.0 Å². The highest BCUT2D eigenvalue weighted by Gasteiger charge is 2.42. The Kier molecular flexibility index (Phi) is 5.51. The highest BCUT2D eigenvalue weighted by molar-refractivity contribution is 6.45. The van der Waals surface area contributed by atoms with Gasteiger partial charge in [-0.1, -0.05) is 30.3 Å². The minimum absolute atomic E-state index is 0.129. The van der Waals surface area contributed by atoms with E-state index in [9.17, 15) is 14.7 Å². The van der Waals surface area contributed by atoms with Crippen molar-refractivity contribution in [2.45, 2.75) is 13.8 Å². The SMILES string of the molecule is COc1ccccc1N1C(=O)C(c2ccc(C)c(C)c2)=C(N(C)CCO)C1=O. The first-order chi connectivity index (χ1) is 13.4. The van der Waals surface area contributed by atoms with Gasteiger partial charge in [-0.05, 0) is 42.7 Å². The summed E-state index contributed by atoms with van der Waals surface area (Å²) in [4.78, 5) is 29.5. The first-order valence-corrected chi connectivity index (χ1v) is 9.06. The van der Waals surface area contributed by atoms with Crippen molar-refractivity contribution in [1.82, 2.24) is 4.90 Å². The molecule has 1 aliphatic heterocycles.